The van der Waals surface area contributed by atoms with E-state index in [2.05, 4.69) is 19.9 Å². The van der Waals surface area contributed by atoms with E-state index in [0.29, 0.717) is 21.9 Å². The molecule has 0 radical (unpaired) electrons. The van der Waals surface area contributed by atoms with E-state index in [4.69, 9.17) is 10.5 Å². The quantitative estimate of drug-likeness (QED) is 0.337. The first-order valence-corrected chi connectivity index (χ1v) is 9.22. The van der Waals surface area contributed by atoms with Gasteiger partial charge in [0.15, 0.2) is 11.9 Å². The number of aromatic nitrogens is 5. The Kier molecular flexibility index (Phi) is 4.93. The van der Waals surface area contributed by atoms with Gasteiger partial charge >= 0.3 is 0 Å². The molecule has 0 bridgehead atoms. The van der Waals surface area contributed by atoms with E-state index < -0.39 is 31.1 Å². The summed E-state index contributed by atoms with van der Waals surface area (Å²) >= 11 is 1.42. The summed E-state index contributed by atoms with van der Waals surface area (Å²) < 4.78 is 7.04. The van der Waals surface area contributed by atoms with E-state index in [1.807, 2.05) is 18.2 Å². The topological polar surface area (TPSA) is 152 Å². The maximum absolute atomic E-state index is 10.3. The lowest BCUT2D eigenvalue weighted by molar-refractivity contribution is -0.0511. The summed E-state index contributed by atoms with van der Waals surface area (Å²) in [5.41, 5.74) is 7.61. The lowest BCUT2D eigenvalue weighted by Gasteiger charge is -2.16. The number of aliphatic hydroxyl groups is 3. The molecule has 0 aromatic carbocycles. The van der Waals surface area contributed by atoms with Crippen LogP contribution in [0.1, 0.15) is 11.9 Å². The maximum Gasteiger partial charge on any atom is 0.223 e. The molecule has 27 heavy (non-hydrogen) atoms. The average molecular weight is 390 g/mol. The van der Waals surface area contributed by atoms with Gasteiger partial charge in [-0.05, 0) is 12.1 Å². The number of nitrogens with zero attached hydrogens (tertiary/aromatic N) is 5. The van der Waals surface area contributed by atoms with E-state index in [9.17, 15) is 15.3 Å². The molecule has 142 valence electrons. The first kappa shape index (κ1) is 18.1. The van der Waals surface area contributed by atoms with Gasteiger partial charge in [0.2, 0.25) is 5.95 Å². The lowest BCUT2D eigenvalue weighted by Crippen LogP contribution is -2.33. The van der Waals surface area contributed by atoms with Crippen LogP contribution < -0.4 is 5.73 Å². The minimum Gasteiger partial charge on any atom is -0.394 e. The Labute approximate surface area is 158 Å². The second kappa shape index (κ2) is 7.37. The molecule has 11 heteroatoms. The number of aliphatic hydroxyl groups excluding tert-OH is 3. The van der Waals surface area contributed by atoms with Gasteiger partial charge in [-0.3, -0.25) is 9.55 Å². The predicted molar refractivity (Wildman–Crippen MR) is 96.5 cm³/mol. The minimum absolute atomic E-state index is 0.0551. The SMILES string of the molecule is Nc1nc(SCc2ccccn2)c2ncn([C@@H]3O[C@H](CO)[C@@H](O)[C@H]3O)c2n1. The van der Waals surface area contributed by atoms with Crippen LogP contribution in [-0.4, -0.2) is 64.7 Å². The second-order valence-electron chi connectivity index (χ2n) is 6.05. The van der Waals surface area contributed by atoms with Crippen LogP contribution in [0.4, 0.5) is 5.95 Å². The number of pyridine rings is 1. The summed E-state index contributed by atoms with van der Waals surface area (Å²) in [5, 5.41) is 30.1. The number of hydrogen-bond donors (Lipinski definition) is 4. The van der Waals surface area contributed by atoms with Crippen LogP contribution in [0.5, 0.6) is 0 Å². The zero-order valence-electron chi connectivity index (χ0n) is 14.1. The van der Waals surface area contributed by atoms with Crippen LogP contribution in [0, 0.1) is 0 Å². The molecule has 3 aromatic rings. The molecule has 4 rings (SSSR count). The van der Waals surface area contributed by atoms with Crippen molar-refractivity contribution in [2.24, 2.45) is 0 Å². The number of thioether (sulfide) groups is 1. The number of imidazole rings is 1. The average Bonchev–Trinajstić information content (AvgIpc) is 3.22. The first-order valence-electron chi connectivity index (χ1n) is 8.23. The Morgan fingerprint density at radius 1 is 1.19 bits per heavy atom. The van der Waals surface area contributed by atoms with E-state index >= 15 is 0 Å². The van der Waals surface area contributed by atoms with Crippen LogP contribution in [0.15, 0.2) is 35.7 Å². The fraction of sp³-hybridized carbons (Fsp3) is 0.375. The largest absolute Gasteiger partial charge is 0.394 e. The van der Waals surface area contributed by atoms with E-state index in [1.54, 1.807) is 6.20 Å². The molecule has 4 atom stereocenters. The minimum atomic E-state index is -1.24. The molecule has 0 unspecified atom stereocenters. The molecule has 5 N–H and O–H groups in total. The fourth-order valence-corrected chi connectivity index (χ4v) is 3.82. The molecule has 0 spiro atoms. The van der Waals surface area contributed by atoms with Crippen molar-refractivity contribution in [2.45, 2.75) is 35.3 Å². The van der Waals surface area contributed by atoms with Gasteiger partial charge in [-0.15, -0.1) is 0 Å². The molecule has 1 aliphatic heterocycles. The molecule has 0 saturated carbocycles. The highest BCUT2D eigenvalue weighted by Crippen LogP contribution is 2.33. The van der Waals surface area contributed by atoms with E-state index in [-0.39, 0.29) is 5.95 Å². The number of rotatable bonds is 5. The highest BCUT2D eigenvalue weighted by atomic mass is 32.2. The zero-order chi connectivity index (χ0) is 19.0. The third-order valence-corrected chi connectivity index (χ3v) is 5.28. The molecular weight excluding hydrogens is 372 g/mol. The third kappa shape index (κ3) is 3.35. The Morgan fingerprint density at radius 2 is 2.04 bits per heavy atom. The smallest absolute Gasteiger partial charge is 0.223 e. The van der Waals surface area contributed by atoms with Crippen LogP contribution >= 0.6 is 11.8 Å². The first-order chi connectivity index (χ1) is 13.1. The lowest BCUT2D eigenvalue weighted by atomic mass is 10.1. The van der Waals surface area contributed by atoms with Crippen molar-refractivity contribution in [3.8, 4) is 0 Å². The number of hydrogen-bond acceptors (Lipinski definition) is 10. The van der Waals surface area contributed by atoms with Crippen molar-refractivity contribution < 1.29 is 20.1 Å². The van der Waals surface area contributed by atoms with Crippen LogP contribution in [-0.2, 0) is 10.5 Å². The Morgan fingerprint density at radius 3 is 2.74 bits per heavy atom. The van der Waals surface area contributed by atoms with E-state index in [1.165, 1.54) is 22.7 Å². The molecule has 10 nitrogen and oxygen atoms in total. The molecule has 4 heterocycles. The van der Waals surface area contributed by atoms with Gasteiger partial charge in [0.1, 0.15) is 28.9 Å². The summed E-state index contributed by atoms with van der Waals surface area (Å²) in [4.78, 5) is 17.1. The van der Waals surface area contributed by atoms with Gasteiger partial charge in [0, 0.05) is 11.9 Å². The third-order valence-electron chi connectivity index (χ3n) is 4.28. The number of anilines is 1. The van der Waals surface area contributed by atoms with Crippen LogP contribution in [0.25, 0.3) is 11.2 Å². The fourth-order valence-electron chi connectivity index (χ4n) is 2.93. The summed E-state index contributed by atoms with van der Waals surface area (Å²) in [6.07, 6.45) is -1.11. The number of ether oxygens (including phenoxy) is 1. The maximum atomic E-state index is 10.3. The van der Waals surface area contributed by atoms with Crippen LogP contribution in [0.2, 0.25) is 0 Å². The summed E-state index contributed by atoms with van der Waals surface area (Å²) in [6, 6.07) is 5.66. The van der Waals surface area contributed by atoms with Crippen molar-refractivity contribution in [1.29, 1.82) is 0 Å². The predicted octanol–water partition coefficient (Wildman–Crippen LogP) is -0.293. The highest BCUT2D eigenvalue weighted by molar-refractivity contribution is 7.98. The molecular formula is C16H18N6O4S. The van der Waals surface area contributed by atoms with Crippen molar-refractivity contribution in [3.63, 3.8) is 0 Å². The normalized spacial score (nSPS) is 25.3. The van der Waals surface area contributed by atoms with Crippen LogP contribution in [0.3, 0.4) is 0 Å². The Bertz CT molecular complexity index is 939. The van der Waals surface area contributed by atoms with Crippen molar-refractivity contribution in [3.05, 3.63) is 36.4 Å². The summed E-state index contributed by atoms with van der Waals surface area (Å²) in [5.74, 6) is 0.632. The van der Waals surface area contributed by atoms with Gasteiger partial charge in [0.05, 0.1) is 18.6 Å². The second-order valence-corrected chi connectivity index (χ2v) is 7.01. The summed E-state index contributed by atoms with van der Waals surface area (Å²) in [7, 11) is 0. The van der Waals surface area contributed by atoms with Crippen molar-refractivity contribution in [2.75, 3.05) is 12.3 Å². The van der Waals surface area contributed by atoms with Gasteiger partial charge in [-0.2, -0.15) is 4.98 Å². The monoisotopic (exact) mass is 390 g/mol. The Hall–Kier alpha value is -2.31. The number of nitrogens with two attached hydrogens (primary N) is 1. The molecule has 3 aromatic heterocycles. The van der Waals surface area contributed by atoms with Crippen molar-refractivity contribution in [1.82, 2.24) is 24.5 Å². The van der Waals surface area contributed by atoms with Gasteiger partial charge < -0.3 is 25.8 Å². The number of nitrogen functional groups attached to an aromatic ring is 1. The molecule has 1 saturated heterocycles. The zero-order valence-corrected chi connectivity index (χ0v) is 14.9. The summed E-state index contributed by atoms with van der Waals surface area (Å²) in [6.45, 7) is -0.413. The standard InChI is InChI=1S/C16H18N6O4S/c17-16-20-13-10(14(21-16)27-6-8-3-1-2-4-18-8)19-7-22(13)15-12(25)11(24)9(5-23)26-15/h1-4,7,9,11-12,15,23-25H,5-6H2,(H2,17,20,21)/t9-,11-,12-,15-/m1/s1. The molecule has 1 aliphatic rings. The molecule has 1 fully saturated rings. The number of fused-ring (bicyclic) bond motifs is 1. The molecule has 0 aliphatic carbocycles. The highest BCUT2D eigenvalue weighted by Gasteiger charge is 2.44. The van der Waals surface area contributed by atoms with Gasteiger partial charge in [-0.1, -0.05) is 17.8 Å². The van der Waals surface area contributed by atoms with Crippen molar-refractivity contribution >= 4 is 28.9 Å². The van der Waals surface area contributed by atoms with E-state index in [0.717, 1.165) is 5.69 Å². The van der Waals surface area contributed by atoms with Gasteiger partial charge in [-0.25, -0.2) is 9.97 Å². The van der Waals surface area contributed by atoms with Gasteiger partial charge in [0.25, 0.3) is 0 Å². The molecule has 0 amide bonds. The Balaban J connectivity index is 1.66.